The summed E-state index contributed by atoms with van der Waals surface area (Å²) < 4.78 is 14.3. The van der Waals surface area contributed by atoms with E-state index in [1.807, 2.05) is 37.3 Å². The van der Waals surface area contributed by atoms with Gasteiger partial charge in [-0.25, -0.2) is 9.37 Å². The van der Waals surface area contributed by atoms with Gasteiger partial charge in [0.2, 0.25) is 0 Å². The van der Waals surface area contributed by atoms with Crippen molar-refractivity contribution in [1.29, 1.82) is 0 Å². The van der Waals surface area contributed by atoms with Gasteiger partial charge in [0.05, 0.1) is 11.1 Å². The van der Waals surface area contributed by atoms with E-state index in [2.05, 4.69) is 20.6 Å². The summed E-state index contributed by atoms with van der Waals surface area (Å²) in [5.74, 6) is -1.32. The van der Waals surface area contributed by atoms with Crippen molar-refractivity contribution in [2.24, 2.45) is 11.5 Å². The molecule has 6 N–H and O–H groups in total. The quantitative estimate of drug-likeness (QED) is 0.531. The van der Waals surface area contributed by atoms with Gasteiger partial charge in [-0.2, -0.15) is 0 Å². The molecule has 27 heavy (non-hydrogen) atoms. The molecule has 2 aromatic heterocycles. The molecule has 0 aliphatic rings. The first-order chi connectivity index (χ1) is 12.8. The fraction of sp³-hybridized carbons (Fsp3) is 0.211. The Morgan fingerprint density at radius 1 is 1.19 bits per heavy atom. The number of fused-ring (bicyclic) bond motifs is 1. The predicted octanol–water partition coefficient (Wildman–Crippen LogP) is 2.76. The van der Waals surface area contributed by atoms with Gasteiger partial charge in [-0.1, -0.05) is 12.1 Å². The van der Waals surface area contributed by atoms with Crippen LogP contribution in [0, 0.1) is 5.82 Å². The third-order valence-electron chi connectivity index (χ3n) is 4.26. The van der Waals surface area contributed by atoms with Crippen LogP contribution in [0.5, 0.6) is 0 Å². The van der Waals surface area contributed by atoms with Crippen molar-refractivity contribution in [3.05, 3.63) is 54.0 Å². The lowest BCUT2D eigenvalue weighted by Crippen LogP contribution is -2.35. The summed E-state index contributed by atoms with van der Waals surface area (Å²) in [6.07, 6.45) is 1.69. The van der Waals surface area contributed by atoms with Gasteiger partial charge in [0.25, 0.3) is 5.91 Å². The van der Waals surface area contributed by atoms with E-state index in [-0.39, 0.29) is 29.3 Å². The second kappa shape index (κ2) is 7.55. The highest BCUT2D eigenvalue weighted by atomic mass is 19.1. The van der Waals surface area contributed by atoms with E-state index >= 15 is 0 Å². The summed E-state index contributed by atoms with van der Waals surface area (Å²) >= 11 is 0. The molecule has 7 nitrogen and oxygen atoms in total. The van der Waals surface area contributed by atoms with Crippen LogP contribution in [-0.2, 0) is 0 Å². The summed E-state index contributed by atoms with van der Waals surface area (Å²) in [5.41, 5.74) is 12.6. The van der Waals surface area contributed by atoms with Crippen molar-refractivity contribution in [3.63, 3.8) is 0 Å². The molecule has 140 valence electrons. The van der Waals surface area contributed by atoms with Gasteiger partial charge in [-0.15, -0.1) is 0 Å². The van der Waals surface area contributed by atoms with E-state index in [9.17, 15) is 9.18 Å². The molecule has 1 amide bonds. The Hall–Kier alpha value is -3.26. The van der Waals surface area contributed by atoms with Crippen LogP contribution in [0.2, 0.25) is 0 Å². The fourth-order valence-electron chi connectivity index (χ4n) is 2.50. The number of anilines is 3. The standard InChI is InChI=1S/C19H21FN6O/c1-10(21)11(2)24-19-15(20)9-14(17(22)27)18(26-19)25-13-6-5-12-4-3-7-23-16(12)8-13/h3-11H,21H2,1-2H3,(H2,22,27)(H2,24,25,26)/t10-,11+/m0/s1. The van der Waals surface area contributed by atoms with Crippen molar-refractivity contribution in [2.45, 2.75) is 25.9 Å². The van der Waals surface area contributed by atoms with Crippen LogP contribution in [0.25, 0.3) is 10.9 Å². The molecule has 3 aromatic rings. The van der Waals surface area contributed by atoms with Crippen LogP contribution < -0.4 is 22.1 Å². The molecule has 0 bridgehead atoms. The third-order valence-corrected chi connectivity index (χ3v) is 4.26. The molecule has 0 saturated heterocycles. The molecule has 1 aromatic carbocycles. The van der Waals surface area contributed by atoms with Crippen LogP contribution in [-0.4, -0.2) is 28.0 Å². The van der Waals surface area contributed by atoms with Gasteiger partial charge in [0, 0.05) is 29.4 Å². The summed E-state index contributed by atoms with van der Waals surface area (Å²) in [6, 6.07) is 9.92. The zero-order valence-corrected chi connectivity index (χ0v) is 15.0. The van der Waals surface area contributed by atoms with Crippen LogP contribution in [0.15, 0.2) is 42.6 Å². The first kappa shape index (κ1) is 18.5. The van der Waals surface area contributed by atoms with Gasteiger partial charge in [0.1, 0.15) is 5.82 Å². The van der Waals surface area contributed by atoms with E-state index in [0.717, 1.165) is 17.0 Å². The molecule has 8 heteroatoms. The number of hydrogen-bond donors (Lipinski definition) is 4. The highest BCUT2D eigenvalue weighted by molar-refractivity contribution is 5.99. The minimum absolute atomic E-state index is 0.00814. The molecule has 0 aliphatic carbocycles. The smallest absolute Gasteiger partial charge is 0.252 e. The number of carbonyl (C=O) groups is 1. The molecule has 3 rings (SSSR count). The monoisotopic (exact) mass is 368 g/mol. The lowest BCUT2D eigenvalue weighted by Gasteiger charge is -2.20. The summed E-state index contributed by atoms with van der Waals surface area (Å²) in [5, 5.41) is 6.91. The van der Waals surface area contributed by atoms with Gasteiger partial charge >= 0.3 is 0 Å². The number of rotatable bonds is 6. The lowest BCUT2D eigenvalue weighted by atomic mass is 10.1. The molecule has 0 radical (unpaired) electrons. The number of benzene rings is 1. The summed E-state index contributed by atoms with van der Waals surface area (Å²) in [6.45, 7) is 3.62. The summed E-state index contributed by atoms with van der Waals surface area (Å²) in [7, 11) is 0. The average molecular weight is 368 g/mol. The largest absolute Gasteiger partial charge is 0.365 e. The first-order valence-corrected chi connectivity index (χ1v) is 8.49. The number of nitrogens with zero attached hydrogens (tertiary/aromatic N) is 2. The Morgan fingerprint density at radius 2 is 1.96 bits per heavy atom. The second-order valence-electron chi connectivity index (χ2n) is 6.41. The molecule has 0 spiro atoms. The Morgan fingerprint density at radius 3 is 2.67 bits per heavy atom. The predicted molar refractivity (Wildman–Crippen MR) is 104 cm³/mol. The number of carbonyl (C=O) groups excluding carboxylic acids is 1. The van der Waals surface area contributed by atoms with E-state index in [0.29, 0.717) is 5.69 Å². The number of nitrogens with two attached hydrogens (primary N) is 2. The molecule has 0 aliphatic heterocycles. The third kappa shape index (κ3) is 4.12. The SMILES string of the molecule is C[C@H](N)[C@@H](C)Nc1nc(Nc2ccc3cccnc3c2)c(C(N)=O)cc1F. The van der Waals surface area contributed by atoms with E-state index in [1.165, 1.54) is 0 Å². The maximum absolute atomic E-state index is 14.3. The van der Waals surface area contributed by atoms with Crippen molar-refractivity contribution in [3.8, 4) is 0 Å². The second-order valence-corrected chi connectivity index (χ2v) is 6.41. The summed E-state index contributed by atoms with van der Waals surface area (Å²) in [4.78, 5) is 20.3. The van der Waals surface area contributed by atoms with Crippen LogP contribution in [0.1, 0.15) is 24.2 Å². The van der Waals surface area contributed by atoms with Crippen molar-refractivity contribution in [2.75, 3.05) is 10.6 Å². The molecule has 0 fully saturated rings. The average Bonchev–Trinajstić information content (AvgIpc) is 2.63. The van der Waals surface area contributed by atoms with E-state index in [4.69, 9.17) is 11.5 Å². The highest BCUT2D eigenvalue weighted by Crippen LogP contribution is 2.26. The van der Waals surface area contributed by atoms with E-state index < -0.39 is 11.7 Å². The zero-order chi connectivity index (χ0) is 19.6. The number of nitrogens with one attached hydrogen (secondary N) is 2. The minimum atomic E-state index is -0.783. The van der Waals surface area contributed by atoms with Gasteiger partial charge in [0.15, 0.2) is 11.6 Å². The van der Waals surface area contributed by atoms with Crippen molar-refractivity contribution in [1.82, 2.24) is 9.97 Å². The first-order valence-electron chi connectivity index (χ1n) is 8.49. The topological polar surface area (TPSA) is 119 Å². The highest BCUT2D eigenvalue weighted by Gasteiger charge is 2.18. The minimum Gasteiger partial charge on any atom is -0.365 e. The number of halogens is 1. The molecular weight excluding hydrogens is 347 g/mol. The number of amides is 1. The Balaban J connectivity index is 1.99. The van der Waals surface area contributed by atoms with Gasteiger partial charge in [-0.05, 0) is 38.1 Å². The number of primary amides is 1. The fourth-order valence-corrected chi connectivity index (χ4v) is 2.50. The zero-order valence-electron chi connectivity index (χ0n) is 15.0. The van der Waals surface area contributed by atoms with Gasteiger partial charge < -0.3 is 22.1 Å². The van der Waals surface area contributed by atoms with Gasteiger partial charge in [-0.3, -0.25) is 9.78 Å². The van der Waals surface area contributed by atoms with E-state index in [1.54, 1.807) is 13.1 Å². The Kier molecular flexibility index (Phi) is 5.18. The number of pyridine rings is 2. The molecule has 0 unspecified atom stereocenters. The molecule has 2 atom stereocenters. The number of hydrogen-bond acceptors (Lipinski definition) is 6. The normalized spacial score (nSPS) is 13.2. The Labute approximate surface area is 156 Å². The molecular formula is C19H21FN6O. The van der Waals surface area contributed by atoms with Crippen LogP contribution in [0.4, 0.5) is 21.7 Å². The van der Waals surface area contributed by atoms with Crippen LogP contribution >= 0.6 is 0 Å². The van der Waals surface area contributed by atoms with Crippen molar-refractivity contribution < 1.29 is 9.18 Å². The maximum atomic E-state index is 14.3. The molecule has 2 heterocycles. The van der Waals surface area contributed by atoms with Crippen LogP contribution in [0.3, 0.4) is 0 Å². The van der Waals surface area contributed by atoms with Crippen molar-refractivity contribution >= 4 is 34.1 Å². The Bertz CT molecular complexity index is 991. The molecule has 0 saturated carbocycles. The maximum Gasteiger partial charge on any atom is 0.252 e. The number of aromatic nitrogens is 2. The lowest BCUT2D eigenvalue weighted by molar-refractivity contribution is 0.100.